The van der Waals surface area contributed by atoms with E-state index in [4.69, 9.17) is 4.74 Å². The summed E-state index contributed by atoms with van der Waals surface area (Å²) in [4.78, 5) is 1.97. The summed E-state index contributed by atoms with van der Waals surface area (Å²) in [5, 5.41) is 9.33. The van der Waals surface area contributed by atoms with E-state index in [1.165, 1.54) is 12.1 Å². The molecule has 2 aromatic rings. The molecule has 0 radical (unpaired) electrons. The quantitative estimate of drug-likeness (QED) is 0.910. The molecule has 0 heterocycles. The lowest BCUT2D eigenvalue weighted by molar-refractivity contribution is 0.281. The Balaban J connectivity index is 2.21. The molecule has 0 saturated carbocycles. The smallest absolute Gasteiger partial charge is 0.123 e. The van der Waals surface area contributed by atoms with Crippen LogP contribution in [-0.2, 0) is 13.2 Å². The first kappa shape index (κ1) is 14.3. The van der Waals surface area contributed by atoms with Crippen molar-refractivity contribution in [3.8, 4) is 5.75 Å². The van der Waals surface area contributed by atoms with E-state index in [2.05, 4.69) is 0 Å². The molecular weight excluding hydrogens is 257 g/mol. The summed E-state index contributed by atoms with van der Waals surface area (Å²) in [6.45, 7) is 0.464. The van der Waals surface area contributed by atoms with Crippen molar-refractivity contribution in [3.05, 3.63) is 59.4 Å². The highest BCUT2D eigenvalue weighted by Gasteiger charge is 2.09. The van der Waals surface area contributed by atoms with E-state index in [1.807, 2.05) is 36.2 Å². The highest BCUT2D eigenvalue weighted by molar-refractivity contribution is 5.53. The highest BCUT2D eigenvalue weighted by Crippen LogP contribution is 2.23. The number of halogens is 1. The van der Waals surface area contributed by atoms with E-state index >= 15 is 0 Å². The van der Waals surface area contributed by atoms with Crippen molar-refractivity contribution in [1.82, 2.24) is 0 Å². The molecule has 1 N–H and O–H groups in total. The number of benzene rings is 2. The monoisotopic (exact) mass is 275 g/mol. The zero-order valence-electron chi connectivity index (χ0n) is 11.6. The van der Waals surface area contributed by atoms with Crippen LogP contribution in [0.25, 0.3) is 0 Å². The molecule has 4 heteroatoms. The van der Waals surface area contributed by atoms with Gasteiger partial charge in [0, 0.05) is 24.8 Å². The second kappa shape index (κ2) is 6.39. The van der Waals surface area contributed by atoms with Gasteiger partial charge in [0.2, 0.25) is 0 Å². The predicted octanol–water partition coefficient (Wildman–Crippen LogP) is 2.96. The summed E-state index contributed by atoms with van der Waals surface area (Å²) < 4.78 is 18.4. The largest absolute Gasteiger partial charge is 0.497 e. The zero-order valence-corrected chi connectivity index (χ0v) is 11.6. The molecule has 0 aromatic heterocycles. The Bertz CT molecular complexity index is 586. The van der Waals surface area contributed by atoms with Crippen LogP contribution in [0.2, 0.25) is 0 Å². The summed E-state index contributed by atoms with van der Waals surface area (Å²) in [7, 11) is 3.54. The number of hydrogen-bond acceptors (Lipinski definition) is 3. The van der Waals surface area contributed by atoms with Crippen molar-refractivity contribution < 1.29 is 14.2 Å². The van der Waals surface area contributed by atoms with Crippen LogP contribution < -0.4 is 9.64 Å². The molecular formula is C16H18FNO2. The fourth-order valence-corrected chi connectivity index (χ4v) is 2.18. The molecule has 20 heavy (non-hydrogen) atoms. The molecule has 0 amide bonds. The van der Waals surface area contributed by atoms with Gasteiger partial charge in [-0.3, -0.25) is 0 Å². The van der Waals surface area contributed by atoms with E-state index in [9.17, 15) is 9.50 Å². The van der Waals surface area contributed by atoms with Gasteiger partial charge in [0.15, 0.2) is 0 Å². The summed E-state index contributed by atoms with van der Waals surface area (Å²) in [6.07, 6.45) is 0. The maximum Gasteiger partial charge on any atom is 0.123 e. The summed E-state index contributed by atoms with van der Waals surface area (Å²) in [5.41, 5.74) is 2.48. The van der Waals surface area contributed by atoms with Gasteiger partial charge in [-0.05, 0) is 35.9 Å². The number of aliphatic hydroxyl groups is 1. The van der Waals surface area contributed by atoms with Crippen LogP contribution in [0.5, 0.6) is 5.75 Å². The van der Waals surface area contributed by atoms with E-state index in [1.54, 1.807) is 13.2 Å². The zero-order chi connectivity index (χ0) is 14.5. The van der Waals surface area contributed by atoms with Crippen LogP contribution in [0.1, 0.15) is 11.1 Å². The van der Waals surface area contributed by atoms with Crippen molar-refractivity contribution in [2.45, 2.75) is 13.2 Å². The molecule has 0 aliphatic heterocycles. The van der Waals surface area contributed by atoms with Gasteiger partial charge >= 0.3 is 0 Å². The van der Waals surface area contributed by atoms with Crippen molar-refractivity contribution in [2.24, 2.45) is 0 Å². The molecule has 2 aromatic carbocycles. The maximum atomic E-state index is 13.2. The molecule has 0 aliphatic rings. The number of nitrogens with zero attached hydrogens (tertiary/aromatic N) is 1. The first-order valence-electron chi connectivity index (χ1n) is 6.37. The molecule has 0 unspecified atom stereocenters. The Labute approximate surface area is 118 Å². The Hall–Kier alpha value is -2.07. The van der Waals surface area contributed by atoms with E-state index in [-0.39, 0.29) is 12.4 Å². The van der Waals surface area contributed by atoms with E-state index in [0.29, 0.717) is 12.1 Å². The molecule has 2 rings (SSSR count). The standard InChI is InChI=1S/C16H18FNO2/c1-18(10-12-4-3-5-15(8-12)20-2)16-7-6-14(17)9-13(16)11-19/h3-9,19H,10-11H2,1-2H3. The molecule has 0 fully saturated rings. The van der Waals surface area contributed by atoms with Gasteiger partial charge in [0.1, 0.15) is 11.6 Å². The molecule has 0 bridgehead atoms. The van der Waals surface area contributed by atoms with Crippen LogP contribution >= 0.6 is 0 Å². The number of hydrogen-bond donors (Lipinski definition) is 1. The minimum Gasteiger partial charge on any atom is -0.497 e. The number of anilines is 1. The molecule has 0 saturated heterocycles. The Morgan fingerprint density at radius 2 is 2.00 bits per heavy atom. The molecule has 3 nitrogen and oxygen atoms in total. The van der Waals surface area contributed by atoms with Crippen LogP contribution in [-0.4, -0.2) is 19.3 Å². The minimum atomic E-state index is -0.340. The average Bonchev–Trinajstić information content (AvgIpc) is 2.47. The van der Waals surface area contributed by atoms with Crippen LogP contribution in [0.3, 0.4) is 0 Å². The van der Waals surface area contributed by atoms with Gasteiger partial charge in [0.05, 0.1) is 13.7 Å². The topological polar surface area (TPSA) is 32.7 Å². The fraction of sp³-hybridized carbons (Fsp3) is 0.250. The van der Waals surface area contributed by atoms with Crippen molar-refractivity contribution in [2.75, 3.05) is 19.1 Å². The van der Waals surface area contributed by atoms with Crippen molar-refractivity contribution >= 4 is 5.69 Å². The van der Waals surface area contributed by atoms with E-state index in [0.717, 1.165) is 17.0 Å². The maximum absolute atomic E-state index is 13.2. The van der Waals surface area contributed by atoms with Gasteiger partial charge < -0.3 is 14.7 Å². The van der Waals surface area contributed by atoms with Crippen molar-refractivity contribution in [3.63, 3.8) is 0 Å². The lowest BCUT2D eigenvalue weighted by Crippen LogP contribution is -2.18. The summed E-state index contributed by atoms with van der Waals surface area (Å²) in [6, 6.07) is 12.2. The normalized spacial score (nSPS) is 10.4. The van der Waals surface area contributed by atoms with Gasteiger partial charge in [-0.25, -0.2) is 4.39 Å². The second-order valence-electron chi connectivity index (χ2n) is 4.64. The highest BCUT2D eigenvalue weighted by atomic mass is 19.1. The number of aliphatic hydroxyl groups excluding tert-OH is 1. The lowest BCUT2D eigenvalue weighted by Gasteiger charge is -2.22. The number of ether oxygens (including phenoxy) is 1. The minimum absolute atomic E-state index is 0.185. The first-order chi connectivity index (χ1) is 9.63. The van der Waals surface area contributed by atoms with Crippen LogP contribution in [0.15, 0.2) is 42.5 Å². The molecule has 0 spiro atoms. The Morgan fingerprint density at radius 3 is 2.70 bits per heavy atom. The Morgan fingerprint density at radius 1 is 1.20 bits per heavy atom. The van der Waals surface area contributed by atoms with Crippen LogP contribution in [0, 0.1) is 5.82 Å². The third kappa shape index (κ3) is 3.27. The molecule has 0 atom stereocenters. The van der Waals surface area contributed by atoms with Crippen molar-refractivity contribution in [1.29, 1.82) is 0 Å². The van der Waals surface area contributed by atoms with Gasteiger partial charge in [-0.2, -0.15) is 0 Å². The lowest BCUT2D eigenvalue weighted by atomic mass is 10.1. The average molecular weight is 275 g/mol. The number of methoxy groups -OCH3 is 1. The van der Waals surface area contributed by atoms with Crippen LogP contribution in [0.4, 0.5) is 10.1 Å². The van der Waals surface area contributed by atoms with Gasteiger partial charge in [-0.15, -0.1) is 0 Å². The molecule has 0 aliphatic carbocycles. The molecule has 106 valence electrons. The number of rotatable bonds is 5. The second-order valence-corrected chi connectivity index (χ2v) is 4.64. The summed E-state index contributed by atoms with van der Waals surface area (Å²) in [5.74, 6) is 0.463. The third-order valence-electron chi connectivity index (χ3n) is 3.18. The predicted molar refractivity (Wildman–Crippen MR) is 77.4 cm³/mol. The third-order valence-corrected chi connectivity index (χ3v) is 3.18. The Kier molecular flexibility index (Phi) is 4.58. The van der Waals surface area contributed by atoms with Gasteiger partial charge in [0.25, 0.3) is 0 Å². The first-order valence-corrected chi connectivity index (χ1v) is 6.37. The fourth-order valence-electron chi connectivity index (χ4n) is 2.18. The van der Waals surface area contributed by atoms with Gasteiger partial charge in [-0.1, -0.05) is 12.1 Å². The summed E-state index contributed by atoms with van der Waals surface area (Å²) >= 11 is 0. The van der Waals surface area contributed by atoms with E-state index < -0.39 is 0 Å². The SMILES string of the molecule is COc1cccc(CN(C)c2ccc(F)cc2CO)c1.